The van der Waals surface area contributed by atoms with Gasteiger partial charge in [-0.2, -0.15) is 0 Å². The molecule has 2 atom stereocenters. The van der Waals surface area contributed by atoms with Gasteiger partial charge >= 0.3 is 0 Å². The summed E-state index contributed by atoms with van der Waals surface area (Å²) in [6.45, 7) is 6.13. The standard InChI is InChI=1S/C23H27N5OS/c1-16-9-3-5-12-19(16)24-23(30)26-25-21-18-11-4-6-13-20(18)28(22(21)29)15-27-14-8-7-10-17(27)2/h3-6,9,11-13,17,29H,7-8,10,14-15H2,1-2H3,(H,24,30)/p+1/t17-/m0/s1. The Morgan fingerprint density at radius 2 is 1.97 bits per heavy atom. The van der Waals surface area contributed by atoms with E-state index in [4.69, 9.17) is 12.2 Å². The molecule has 1 aromatic heterocycles. The summed E-state index contributed by atoms with van der Waals surface area (Å²) in [6, 6.07) is 16.4. The summed E-state index contributed by atoms with van der Waals surface area (Å²) in [6.07, 6.45) is 3.74. The van der Waals surface area contributed by atoms with Crippen LogP contribution in [-0.4, -0.2) is 27.4 Å². The van der Waals surface area contributed by atoms with Crippen LogP contribution in [0.2, 0.25) is 0 Å². The number of benzene rings is 2. The lowest BCUT2D eigenvalue weighted by molar-refractivity contribution is -0.950. The molecule has 1 saturated heterocycles. The lowest BCUT2D eigenvalue weighted by Gasteiger charge is -2.30. The van der Waals surface area contributed by atoms with Gasteiger partial charge in [-0.25, -0.2) is 0 Å². The monoisotopic (exact) mass is 422 g/mol. The Kier molecular flexibility index (Phi) is 6.11. The van der Waals surface area contributed by atoms with Gasteiger partial charge in [0.1, 0.15) is 0 Å². The van der Waals surface area contributed by atoms with Gasteiger partial charge < -0.3 is 15.3 Å². The number of nitrogens with one attached hydrogen (secondary N) is 2. The van der Waals surface area contributed by atoms with E-state index in [1.54, 1.807) is 0 Å². The third-order valence-corrected chi connectivity index (χ3v) is 6.17. The van der Waals surface area contributed by atoms with Crippen molar-refractivity contribution in [2.75, 3.05) is 11.9 Å². The number of rotatable bonds is 4. The van der Waals surface area contributed by atoms with Crippen molar-refractivity contribution in [2.24, 2.45) is 10.2 Å². The van der Waals surface area contributed by atoms with Crippen molar-refractivity contribution in [3.8, 4) is 5.88 Å². The lowest BCUT2D eigenvalue weighted by Crippen LogP contribution is -3.15. The SMILES string of the molecule is Cc1ccccc1NC(=S)N=Nc1c(O)n(C[NH+]2CCCC[C@@H]2C)c2ccccc12. The van der Waals surface area contributed by atoms with Crippen LogP contribution in [0.15, 0.2) is 58.8 Å². The summed E-state index contributed by atoms with van der Waals surface area (Å²) in [7, 11) is 0. The number of hydrogen-bond donors (Lipinski definition) is 3. The second-order valence-electron chi connectivity index (χ2n) is 8.03. The number of quaternary nitrogens is 1. The number of piperidine rings is 1. The van der Waals surface area contributed by atoms with Crippen LogP contribution in [0.1, 0.15) is 31.7 Å². The smallest absolute Gasteiger partial charge is 0.225 e. The second kappa shape index (κ2) is 8.93. The van der Waals surface area contributed by atoms with E-state index in [1.165, 1.54) is 24.2 Å². The quantitative estimate of drug-likeness (QED) is 0.427. The number of aryl methyl sites for hydroxylation is 1. The Bertz CT molecular complexity index is 1090. The number of aromatic hydroxyl groups is 1. The first-order chi connectivity index (χ1) is 14.5. The lowest BCUT2D eigenvalue weighted by atomic mass is 10.0. The molecule has 0 bridgehead atoms. The number of nitrogens with zero attached hydrogens (tertiary/aromatic N) is 3. The van der Waals surface area contributed by atoms with Crippen molar-refractivity contribution in [1.82, 2.24) is 4.57 Å². The summed E-state index contributed by atoms with van der Waals surface area (Å²) in [5.74, 6) is 0.143. The fourth-order valence-corrected chi connectivity index (χ4v) is 4.32. The molecule has 6 nitrogen and oxygen atoms in total. The number of azo groups is 1. The van der Waals surface area contributed by atoms with Gasteiger partial charge in [-0.1, -0.05) is 36.4 Å². The van der Waals surface area contributed by atoms with Gasteiger partial charge in [0.05, 0.1) is 18.1 Å². The van der Waals surface area contributed by atoms with Crippen LogP contribution in [0.25, 0.3) is 10.9 Å². The fraction of sp³-hybridized carbons (Fsp3) is 0.348. The van der Waals surface area contributed by atoms with Crippen LogP contribution in [0.3, 0.4) is 0 Å². The molecule has 1 aliphatic heterocycles. The molecule has 2 aromatic carbocycles. The van der Waals surface area contributed by atoms with Crippen LogP contribution in [-0.2, 0) is 6.67 Å². The van der Waals surface area contributed by atoms with Gasteiger partial charge in [0.25, 0.3) is 0 Å². The van der Waals surface area contributed by atoms with Gasteiger partial charge in [0.2, 0.25) is 11.0 Å². The van der Waals surface area contributed by atoms with E-state index in [0.29, 0.717) is 11.7 Å². The highest BCUT2D eigenvalue weighted by Crippen LogP contribution is 2.38. The Morgan fingerprint density at radius 1 is 1.20 bits per heavy atom. The third-order valence-electron chi connectivity index (χ3n) is 5.99. The topological polar surface area (TPSA) is 66.4 Å². The number of aromatic nitrogens is 1. The number of likely N-dealkylation sites (tertiary alicyclic amines) is 1. The van der Waals surface area contributed by atoms with Crippen LogP contribution in [0, 0.1) is 6.92 Å². The highest BCUT2D eigenvalue weighted by molar-refractivity contribution is 7.80. The summed E-state index contributed by atoms with van der Waals surface area (Å²) < 4.78 is 1.96. The molecule has 3 N–H and O–H groups in total. The average molecular weight is 423 g/mol. The number of fused-ring (bicyclic) bond motifs is 1. The first-order valence-electron chi connectivity index (χ1n) is 10.5. The fourth-order valence-electron chi connectivity index (χ4n) is 4.17. The number of anilines is 1. The molecule has 30 heavy (non-hydrogen) atoms. The molecule has 0 amide bonds. The minimum atomic E-state index is 0.143. The highest BCUT2D eigenvalue weighted by Gasteiger charge is 2.25. The van der Waals surface area contributed by atoms with Gasteiger partial charge in [-0.3, -0.25) is 4.57 Å². The molecule has 0 radical (unpaired) electrons. The van der Waals surface area contributed by atoms with E-state index < -0.39 is 0 Å². The second-order valence-corrected chi connectivity index (χ2v) is 8.41. The predicted molar refractivity (Wildman–Crippen MR) is 125 cm³/mol. The maximum absolute atomic E-state index is 11.0. The molecule has 0 spiro atoms. The first-order valence-corrected chi connectivity index (χ1v) is 10.9. The minimum absolute atomic E-state index is 0.143. The largest absolute Gasteiger partial charge is 0.493 e. The Balaban J connectivity index is 1.61. The normalized spacial score (nSPS) is 19.4. The summed E-state index contributed by atoms with van der Waals surface area (Å²) in [4.78, 5) is 1.48. The van der Waals surface area contributed by atoms with Gasteiger partial charge in [-0.15, -0.1) is 10.2 Å². The van der Waals surface area contributed by atoms with Crippen molar-refractivity contribution in [3.63, 3.8) is 0 Å². The van der Waals surface area contributed by atoms with Crippen molar-refractivity contribution in [1.29, 1.82) is 0 Å². The summed E-state index contributed by atoms with van der Waals surface area (Å²) in [5, 5.41) is 23.8. The van der Waals surface area contributed by atoms with Crippen LogP contribution < -0.4 is 10.2 Å². The maximum atomic E-state index is 11.0. The van der Waals surface area contributed by atoms with Gasteiger partial charge in [0, 0.05) is 11.1 Å². The molecular formula is C23H28N5OS+. The zero-order chi connectivity index (χ0) is 21.1. The van der Waals surface area contributed by atoms with Crippen LogP contribution in [0.4, 0.5) is 11.4 Å². The molecule has 1 fully saturated rings. The summed E-state index contributed by atoms with van der Waals surface area (Å²) >= 11 is 5.35. The highest BCUT2D eigenvalue weighted by atomic mass is 32.1. The van der Waals surface area contributed by atoms with E-state index >= 15 is 0 Å². The zero-order valence-corrected chi connectivity index (χ0v) is 18.2. The molecule has 2 heterocycles. The van der Waals surface area contributed by atoms with E-state index in [0.717, 1.165) is 35.4 Å². The Morgan fingerprint density at radius 3 is 2.77 bits per heavy atom. The molecule has 0 aliphatic carbocycles. The molecule has 1 unspecified atom stereocenters. The zero-order valence-electron chi connectivity index (χ0n) is 17.4. The van der Waals surface area contributed by atoms with Crippen molar-refractivity contribution in [2.45, 2.75) is 45.8 Å². The van der Waals surface area contributed by atoms with Crippen molar-refractivity contribution in [3.05, 3.63) is 54.1 Å². The molecule has 4 rings (SSSR count). The summed E-state index contributed by atoms with van der Waals surface area (Å²) in [5.41, 5.74) is 3.40. The molecule has 0 saturated carbocycles. The van der Waals surface area contributed by atoms with Crippen molar-refractivity contribution >= 4 is 39.6 Å². The minimum Gasteiger partial charge on any atom is -0.493 e. The van der Waals surface area contributed by atoms with E-state index in [2.05, 4.69) is 22.5 Å². The molecule has 3 aromatic rings. The maximum Gasteiger partial charge on any atom is 0.225 e. The predicted octanol–water partition coefficient (Wildman–Crippen LogP) is 4.55. The molecule has 1 aliphatic rings. The van der Waals surface area contributed by atoms with Crippen molar-refractivity contribution < 1.29 is 10.0 Å². The Hall–Kier alpha value is -2.77. The number of hydrogen-bond acceptors (Lipinski definition) is 3. The van der Waals surface area contributed by atoms with Gasteiger partial charge in [0.15, 0.2) is 12.4 Å². The van der Waals surface area contributed by atoms with E-state index in [1.807, 2.05) is 60.0 Å². The molecule has 156 valence electrons. The van der Waals surface area contributed by atoms with Crippen LogP contribution in [0.5, 0.6) is 5.88 Å². The molecular weight excluding hydrogens is 394 g/mol. The molecule has 7 heteroatoms. The van der Waals surface area contributed by atoms with E-state index in [-0.39, 0.29) is 11.0 Å². The van der Waals surface area contributed by atoms with Crippen LogP contribution >= 0.6 is 12.2 Å². The van der Waals surface area contributed by atoms with Gasteiger partial charge in [-0.05, 0) is 63.0 Å². The number of para-hydroxylation sites is 2. The first kappa shape index (κ1) is 20.5. The number of thiocarbonyl (C=S) groups is 1. The Labute approximate surface area is 182 Å². The van der Waals surface area contributed by atoms with E-state index in [9.17, 15) is 5.11 Å². The third kappa shape index (κ3) is 4.22. The average Bonchev–Trinajstić information content (AvgIpc) is 3.01.